The van der Waals surface area contributed by atoms with Crippen LogP contribution in [0.3, 0.4) is 0 Å². The Kier molecular flexibility index (Phi) is 4.30. The van der Waals surface area contributed by atoms with E-state index in [4.69, 9.17) is 26.8 Å². The second-order valence-corrected chi connectivity index (χ2v) is 4.51. The Balaban J connectivity index is 2.41. The highest BCUT2D eigenvalue weighted by Crippen LogP contribution is 2.33. The molecular weight excluding hydrogens is 262 g/mol. The van der Waals surface area contributed by atoms with Crippen molar-refractivity contribution in [3.63, 3.8) is 0 Å². The van der Waals surface area contributed by atoms with E-state index in [9.17, 15) is 0 Å². The number of hydrogen-bond donors (Lipinski definition) is 1. The number of nitrogens with two attached hydrogens (primary N) is 1. The van der Waals surface area contributed by atoms with Crippen molar-refractivity contribution in [3.8, 4) is 11.5 Å². The van der Waals surface area contributed by atoms with Crippen LogP contribution in [0.2, 0.25) is 5.02 Å². The van der Waals surface area contributed by atoms with Gasteiger partial charge in [0.25, 0.3) is 0 Å². The molecule has 0 bridgehead atoms. The maximum Gasteiger partial charge on any atom is 0.123 e. The van der Waals surface area contributed by atoms with Crippen molar-refractivity contribution in [1.82, 2.24) is 0 Å². The van der Waals surface area contributed by atoms with Crippen molar-refractivity contribution < 1.29 is 9.47 Å². The molecule has 0 aliphatic rings. The second-order valence-electron chi connectivity index (χ2n) is 4.11. The van der Waals surface area contributed by atoms with Gasteiger partial charge in [-0.15, -0.1) is 0 Å². The molecule has 0 heterocycles. The standard InChI is InChI=1S/C15H16ClNO2/c1-18-10-7-8-11(13(16)9-10)15(17)12-5-3-4-6-14(12)19-2/h3-9,15H,17H2,1-2H3. The summed E-state index contributed by atoms with van der Waals surface area (Å²) in [6, 6.07) is 12.8. The van der Waals surface area contributed by atoms with Gasteiger partial charge in [0.2, 0.25) is 0 Å². The van der Waals surface area contributed by atoms with Crippen LogP contribution in [-0.4, -0.2) is 14.2 Å². The van der Waals surface area contributed by atoms with Crippen LogP contribution in [0.15, 0.2) is 42.5 Å². The lowest BCUT2D eigenvalue weighted by molar-refractivity contribution is 0.407. The van der Waals surface area contributed by atoms with Crippen LogP contribution in [0.25, 0.3) is 0 Å². The fraction of sp³-hybridized carbons (Fsp3) is 0.200. The van der Waals surface area contributed by atoms with Crippen LogP contribution in [0.4, 0.5) is 0 Å². The highest BCUT2D eigenvalue weighted by Gasteiger charge is 2.16. The lowest BCUT2D eigenvalue weighted by Crippen LogP contribution is -2.13. The van der Waals surface area contributed by atoms with Crippen LogP contribution in [0.1, 0.15) is 17.2 Å². The van der Waals surface area contributed by atoms with Gasteiger partial charge in [-0.2, -0.15) is 0 Å². The van der Waals surface area contributed by atoms with Crippen molar-refractivity contribution in [1.29, 1.82) is 0 Å². The van der Waals surface area contributed by atoms with Gasteiger partial charge in [-0.3, -0.25) is 0 Å². The highest BCUT2D eigenvalue weighted by atomic mass is 35.5. The van der Waals surface area contributed by atoms with E-state index >= 15 is 0 Å². The third-order valence-corrected chi connectivity index (χ3v) is 3.34. The lowest BCUT2D eigenvalue weighted by atomic mass is 9.98. The molecule has 2 aromatic rings. The van der Waals surface area contributed by atoms with Crippen LogP contribution >= 0.6 is 11.6 Å². The fourth-order valence-corrected chi connectivity index (χ4v) is 2.27. The van der Waals surface area contributed by atoms with E-state index in [0.29, 0.717) is 10.8 Å². The molecule has 1 atom stereocenters. The summed E-state index contributed by atoms with van der Waals surface area (Å²) >= 11 is 6.25. The molecule has 0 radical (unpaired) electrons. The molecule has 19 heavy (non-hydrogen) atoms. The summed E-state index contributed by atoms with van der Waals surface area (Å²) in [6.45, 7) is 0. The van der Waals surface area contributed by atoms with E-state index in [1.807, 2.05) is 36.4 Å². The van der Waals surface area contributed by atoms with Gasteiger partial charge in [0.15, 0.2) is 0 Å². The summed E-state index contributed by atoms with van der Waals surface area (Å²) in [5.74, 6) is 1.46. The van der Waals surface area contributed by atoms with Gasteiger partial charge in [-0.05, 0) is 23.8 Å². The number of methoxy groups -OCH3 is 2. The van der Waals surface area contributed by atoms with E-state index < -0.39 is 0 Å². The predicted molar refractivity (Wildman–Crippen MR) is 77.0 cm³/mol. The van der Waals surface area contributed by atoms with Crippen molar-refractivity contribution in [3.05, 3.63) is 58.6 Å². The minimum absolute atomic E-state index is 0.338. The molecule has 3 nitrogen and oxygen atoms in total. The molecule has 0 aliphatic heterocycles. The summed E-state index contributed by atoms with van der Waals surface area (Å²) in [5.41, 5.74) is 8.02. The zero-order valence-electron chi connectivity index (χ0n) is 10.9. The minimum atomic E-state index is -0.338. The lowest BCUT2D eigenvalue weighted by Gasteiger charge is -2.17. The second kappa shape index (κ2) is 5.95. The maximum atomic E-state index is 6.28. The molecule has 0 aliphatic carbocycles. The Hall–Kier alpha value is -1.71. The van der Waals surface area contributed by atoms with Gasteiger partial charge in [-0.1, -0.05) is 35.9 Å². The molecule has 0 saturated carbocycles. The van der Waals surface area contributed by atoms with Crippen molar-refractivity contribution >= 4 is 11.6 Å². The molecule has 0 amide bonds. The Morgan fingerprint density at radius 1 is 1.00 bits per heavy atom. The molecule has 0 saturated heterocycles. The first kappa shape index (κ1) is 13.7. The zero-order valence-corrected chi connectivity index (χ0v) is 11.6. The zero-order chi connectivity index (χ0) is 13.8. The molecule has 0 fully saturated rings. The average Bonchev–Trinajstić information content (AvgIpc) is 2.46. The number of hydrogen-bond acceptors (Lipinski definition) is 3. The predicted octanol–water partition coefficient (Wildman–Crippen LogP) is 3.41. The van der Waals surface area contributed by atoms with Crippen LogP contribution in [-0.2, 0) is 0 Å². The molecule has 4 heteroatoms. The molecule has 2 rings (SSSR count). The third kappa shape index (κ3) is 2.83. The molecule has 0 aromatic heterocycles. The van der Waals surface area contributed by atoms with Crippen molar-refractivity contribution in [2.75, 3.05) is 14.2 Å². The van der Waals surface area contributed by atoms with Crippen LogP contribution in [0, 0.1) is 0 Å². The smallest absolute Gasteiger partial charge is 0.123 e. The molecule has 2 aromatic carbocycles. The Morgan fingerprint density at radius 3 is 2.37 bits per heavy atom. The Morgan fingerprint density at radius 2 is 1.74 bits per heavy atom. The van der Waals surface area contributed by atoms with E-state index in [1.54, 1.807) is 20.3 Å². The van der Waals surface area contributed by atoms with Crippen LogP contribution < -0.4 is 15.2 Å². The van der Waals surface area contributed by atoms with Crippen molar-refractivity contribution in [2.24, 2.45) is 5.73 Å². The number of halogens is 1. The van der Waals surface area contributed by atoms with Crippen LogP contribution in [0.5, 0.6) is 11.5 Å². The first-order valence-electron chi connectivity index (χ1n) is 5.89. The number of rotatable bonds is 4. The van der Waals surface area contributed by atoms with E-state index in [0.717, 1.165) is 16.9 Å². The maximum absolute atomic E-state index is 6.28. The van der Waals surface area contributed by atoms with Gasteiger partial charge in [-0.25, -0.2) is 0 Å². The normalized spacial score (nSPS) is 12.0. The molecule has 1 unspecified atom stereocenters. The Labute approximate surface area is 117 Å². The van der Waals surface area contributed by atoms with Gasteiger partial charge in [0, 0.05) is 10.6 Å². The monoisotopic (exact) mass is 277 g/mol. The molecule has 2 N–H and O–H groups in total. The summed E-state index contributed by atoms with van der Waals surface area (Å²) in [7, 11) is 3.23. The van der Waals surface area contributed by atoms with Gasteiger partial charge < -0.3 is 15.2 Å². The van der Waals surface area contributed by atoms with Crippen molar-refractivity contribution in [2.45, 2.75) is 6.04 Å². The minimum Gasteiger partial charge on any atom is -0.497 e. The summed E-state index contributed by atoms with van der Waals surface area (Å²) in [6.07, 6.45) is 0. The number of para-hydroxylation sites is 1. The van der Waals surface area contributed by atoms with E-state index in [2.05, 4.69) is 0 Å². The fourth-order valence-electron chi connectivity index (χ4n) is 1.98. The summed E-state index contributed by atoms with van der Waals surface area (Å²) in [4.78, 5) is 0. The Bertz CT molecular complexity index is 572. The number of benzene rings is 2. The largest absolute Gasteiger partial charge is 0.497 e. The highest BCUT2D eigenvalue weighted by molar-refractivity contribution is 6.31. The third-order valence-electron chi connectivity index (χ3n) is 3.02. The average molecular weight is 278 g/mol. The molecule has 100 valence electrons. The van der Waals surface area contributed by atoms with E-state index in [-0.39, 0.29) is 6.04 Å². The first-order chi connectivity index (χ1) is 9.17. The first-order valence-corrected chi connectivity index (χ1v) is 6.27. The SMILES string of the molecule is COc1ccc(C(N)c2ccccc2OC)c(Cl)c1. The quantitative estimate of drug-likeness (QED) is 0.931. The summed E-state index contributed by atoms with van der Waals surface area (Å²) in [5, 5.41) is 0.581. The molecular formula is C15H16ClNO2. The topological polar surface area (TPSA) is 44.5 Å². The van der Waals surface area contributed by atoms with E-state index in [1.165, 1.54) is 0 Å². The molecule has 0 spiro atoms. The van der Waals surface area contributed by atoms with Gasteiger partial charge >= 0.3 is 0 Å². The van der Waals surface area contributed by atoms with Gasteiger partial charge in [0.1, 0.15) is 11.5 Å². The summed E-state index contributed by atoms with van der Waals surface area (Å²) < 4.78 is 10.5. The number of ether oxygens (including phenoxy) is 2. The van der Waals surface area contributed by atoms with Gasteiger partial charge in [0.05, 0.1) is 20.3 Å².